The molecule has 2 atom stereocenters. The predicted octanol–water partition coefficient (Wildman–Crippen LogP) is 2.04. The lowest BCUT2D eigenvalue weighted by molar-refractivity contribution is -0.136. The van der Waals surface area contributed by atoms with Gasteiger partial charge in [-0.1, -0.05) is 6.07 Å². The van der Waals surface area contributed by atoms with Crippen molar-refractivity contribution in [1.82, 2.24) is 10.2 Å². The van der Waals surface area contributed by atoms with Gasteiger partial charge in [0.2, 0.25) is 0 Å². The summed E-state index contributed by atoms with van der Waals surface area (Å²) in [6.45, 7) is 6.22. The summed E-state index contributed by atoms with van der Waals surface area (Å²) in [7, 11) is 0. The van der Waals surface area contributed by atoms with Crippen LogP contribution < -0.4 is 10.1 Å². The van der Waals surface area contributed by atoms with Crippen LogP contribution in [0.15, 0.2) is 18.2 Å². The minimum Gasteiger partial charge on any atom is -0.484 e. The molecule has 21 heavy (non-hydrogen) atoms. The van der Waals surface area contributed by atoms with Gasteiger partial charge in [0.15, 0.2) is 6.61 Å². The molecule has 3 rings (SSSR count). The Labute approximate surface area is 126 Å². The second-order valence-corrected chi connectivity index (χ2v) is 6.21. The number of benzene rings is 1. The number of rotatable bonds is 3. The number of aryl methyl sites for hydroxylation is 2. The van der Waals surface area contributed by atoms with Crippen molar-refractivity contribution in [3.05, 3.63) is 29.3 Å². The quantitative estimate of drug-likeness (QED) is 0.925. The first-order chi connectivity index (χ1) is 10.1. The minimum atomic E-state index is 0.129. The van der Waals surface area contributed by atoms with Crippen molar-refractivity contribution in [2.75, 3.05) is 19.7 Å². The molecule has 0 aromatic heterocycles. The number of carbonyl (C=O) groups excluding carboxylic acids is 1. The predicted molar refractivity (Wildman–Crippen MR) is 82.6 cm³/mol. The van der Waals surface area contributed by atoms with E-state index in [4.69, 9.17) is 4.74 Å². The highest BCUT2D eigenvalue weighted by Crippen LogP contribution is 2.28. The molecule has 0 saturated carbocycles. The van der Waals surface area contributed by atoms with Crippen LogP contribution in [0.3, 0.4) is 0 Å². The van der Waals surface area contributed by atoms with Gasteiger partial charge >= 0.3 is 0 Å². The number of ether oxygens (including phenoxy) is 1. The number of nitrogens with zero attached hydrogens (tertiary/aromatic N) is 1. The molecule has 1 amide bonds. The van der Waals surface area contributed by atoms with Crippen LogP contribution in [0.25, 0.3) is 0 Å². The van der Waals surface area contributed by atoms with Crippen molar-refractivity contribution in [3.8, 4) is 5.75 Å². The summed E-state index contributed by atoms with van der Waals surface area (Å²) in [5.74, 6) is 0.913. The zero-order valence-corrected chi connectivity index (χ0v) is 12.9. The topological polar surface area (TPSA) is 41.6 Å². The Balaban J connectivity index is 1.62. The first kappa shape index (κ1) is 14.4. The molecular formula is C17H24N2O2. The second-order valence-electron chi connectivity index (χ2n) is 6.21. The van der Waals surface area contributed by atoms with Gasteiger partial charge in [0.05, 0.1) is 0 Å². The van der Waals surface area contributed by atoms with Crippen LogP contribution in [-0.4, -0.2) is 42.6 Å². The second kappa shape index (κ2) is 6.06. The molecule has 4 heteroatoms. The Hall–Kier alpha value is -1.55. The maximum Gasteiger partial charge on any atom is 0.261 e. The van der Waals surface area contributed by atoms with Crippen molar-refractivity contribution < 1.29 is 9.53 Å². The van der Waals surface area contributed by atoms with Crippen LogP contribution in [0.1, 0.15) is 30.4 Å². The molecule has 0 spiro atoms. The van der Waals surface area contributed by atoms with Gasteiger partial charge in [0.25, 0.3) is 5.91 Å². The molecule has 2 unspecified atom stereocenters. The van der Waals surface area contributed by atoms with Crippen molar-refractivity contribution in [2.24, 2.45) is 0 Å². The number of amides is 1. The van der Waals surface area contributed by atoms with E-state index in [-0.39, 0.29) is 12.5 Å². The molecule has 0 aliphatic carbocycles. The lowest BCUT2D eigenvalue weighted by Crippen LogP contribution is -2.44. The Kier molecular flexibility index (Phi) is 4.15. The fourth-order valence-corrected chi connectivity index (χ4v) is 3.41. The number of nitrogens with one attached hydrogen (secondary N) is 1. The van der Waals surface area contributed by atoms with E-state index in [0.717, 1.165) is 38.1 Å². The van der Waals surface area contributed by atoms with Gasteiger partial charge in [-0.05, 0) is 62.9 Å². The van der Waals surface area contributed by atoms with E-state index in [0.29, 0.717) is 12.1 Å². The fourth-order valence-electron chi connectivity index (χ4n) is 3.41. The monoisotopic (exact) mass is 288 g/mol. The summed E-state index contributed by atoms with van der Waals surface area (Å²) in [5, 5.41) is 3.42. The van der Waals surface area contributed by atoms with Gasteiger partial charge in [-0.3, -0.25) is 4.79 Å². The highest BCUT2D eigenvalue weighted by molar-refractivity contribution is 5.79. The molecule has 4 nitrogen and oxygen atoms in total. The first-order valence-corrected chi connectivity index (χ1v) is 7.87. The smallest absolute Gasteiger partial charge is 0.261 e. The average molecular weight is 288 g/mol. The largest absolute Gasteiger partial charge is 0.484 e. The lowest BCUT2D eigenvalue weighted by Gasteiger charge is -2.27. The molecule has 2 heterocycles. The molecule has 1 aromatic rings. The van der Waals surface area contributed by atoms with Crippen LogP contribution in [-0.2, 0) is 4.79 Å². The van der Waals surface area contributed by atoms with Gasteiger partial charge in [0.1, 0.15) is 5.75 Å². The number of hydrogen-bond donors (Lipinski definition) is 1. The van der Waals surface area contributed by atoms with Crippen LogP contribution in [0.2, 0.25) is 0 Å². The first-order valence-electron chi connectivity index (χ1n) is 7.87. The van der Waals surface area contributed by atoms with Gasteiger partial charge < -0.3 is 15.0 Å². The summed E-state index contributed by atoms with van der Waals surface area (Å²) in [5.41, 5.74) is 2.43. The fraction of sp³-hybridized carbons (Fsp3) is 0.588. The lowest BCUT2D eigenvalue weighted by atomic mass is 10.1. The Morgan fingerprint density at radius 1 is 1.24 bits per heavy atom. The summed E-state index contributed by atoms with van der Waals surface area (Å²) in [4.78, 5) is 14.6. The molecule has 1 aromatic carbocycles. The normalized spacial score (nSPS) is 24.8. The molecule has 2 saturated heterocycles. The maximum atomic E-state index is 12.5. The van der Waals surface area contributed by atoms with Crippen molar-refractivity contribution >= 4 is 5.91 Å². The molecular weight excluding hydrogens is 264 g/mol. The highest BCUT2D eigenvalue weighted by atomic mass is 16.5. The summed E-state index contributed by atoms with van der Waals surface area (Å²) < 4.78 is 5.71. The zero-order valence-electron chi connectivity index (χ0n) is 12.9. The van der Waals surface area contributed by atoms with Gasteiger partial charge in [-0.15, -0.1) is 0 Å². The van der Waals surface area contributed by atoms with Crippen LogP contribution in [0.5, 0.6) is 5.75 Å². The SMILES string of the molecule is Cc1ccc(OCC(=O)N2C3CCNCC2CC3)cc1C. The summed E-state index contributed by atoms with van der Waals surface area (Å²) in [6.07, 6.45) is 3.32. The minimum absolute atomic E-state index is 0.129. The Morgan fingerprint density at radius 2 is 2.05 bits per heavy atom. The van der Waals surface area contributed by atoms with Crippen molar-refractivity contribution in [1.29, 1.82) is 0 Å². The van der Waals surface area contributed by atoms with E-state index in [1.54, 1.807) is 0 Å². The third-order valence-electron chi connectivity index (χ3n) is 4.78. The third kappa shape index (κ3) is 3.05. The molecule has 2 aliphatic heterocycles. The zero-order chi connectivity index (χ0) is 14.8. The van der Waals surface area contributed by atoms with Crippen molar-refractivity contribution in [3.63, 3.8) is 0 Å². The summed E-state index contributed by atoms with van der Waals surface area (Å²) >= 11 is 0. The molecule has 2 aliphatic rings. The van der Waals surface area contributed by atoms with Crippen LogP contribution >= 0.6 is 0 Å². The van der Waals surface area contributed by atoms with Gasteiger partial charge in [-0.2, -0.15) is 0 Å². The van der Waals surface area contributed by atoms with E-state index >= 15 is 0 Å². The number of fused-ring (bicyclic) bond motifs is 2. The molecule has 1 N–H and O–H groups in total. The van der Waals surface area contributed by atoms with Crippen molar-refractivity contribution in [2.45, 2.75) is 45.2 Å². The standard InChI is InChI=1S/C17H24N2O2/c1-12-3-6-16(9-13(12)2)21-11-17(20)19-14-4-5-15(19)10-18-8-7-14/h3,6,9,14-15,18H,4-5,7-8,10-11H2,1-2H3. The van der Waals surface area contributed by atoms with E-state index < -0.39 is 0 Å². The maximum absolute atomic E-state index is 12.5. The van der Waals surface area contributed by atoms with E-state index in [9.17, 15) is 4.79 Å². The van der Waals surface area contributed by atoms with Crippen LogP contribution in [0, 0.1) is 13.8 Å². The molecule has 2 bridgehead atoms. The van der Waals surface area contributed by atoms with E-state index in [1.807, 2.05) is 18.2 Å². The van der Waals surface area contributed by atoms with E-state index in [2.05, 4.69) is 24.1 Å². The van der Waals surface area contributed by atoms with Gasteiger partial charge in [0, 0.05) is 18.6 Å². The third-order valence-corrected chi connectivity index (χ3v) is 4.78. The highest BCUT2D eigenvalue weighted by Gasteiger charge is 2.37. The number of carbonyl (C=O) groups is 1. The van der Waals surface area contributed by atoms with Gasteiger partial charge in [-0.25, -0.2) is 0 Å². The molecule has 2 fully saturated rings. The molecule has 0 radical (unpaired) electrons. The van der Waals surface area contributed by atoms with Crippen LogP contribution in [0.4, 0.5) is 0 Å². The number of hydrogen-bond acceptors (Lipinski definition) is 3. The summed E-state index contributed by atoms with van der Waals surface area (Å²) in [6, 6.07) is 6.73. The Bertz CT molecular complexity index is 516. The average Bonchev–Trinajstić information content (AvgIpc) is 2.73. The molecule has 114 valence electrons. The Morgan fingerprint density at radius 3 is 2.86 bits per heavy atom. The van der Waals surface area contributed by atoms with E-state index in [1.165, 1.54) is 11.1 Å².